The fraction of sp³-hybridized carbons (Fsp3) is 0.545. The number of aliphatic hydroxyl groups excluding tert-OH is 1. The molecule has 1 aliphatic carbocycles. The van der Waals surface area contributed by atoms with Crippen LogP contribution in [0, 0.1) is 11.8 Å². The molecule has 0 spiro atoms. The first-order valence-corrected chi connectivity index (χ1v) is 5.02. The zero-order chi connectivity index (χ0) is 10.8. The Labute approximate surface area is 88.2 Å². The Morgan fingerprint density at radius 1 is 1.60 bits per heavy atom. The lowest BCUT2D eigenvalue weighted by atomic mass is 9.88. The van der Waals surface area contributed by atoms with Crippen molar-refractivity contribution in [3.8, 4) is 0 Å². The van der Waals surface area contributed by atoms with Crippen molar-refractivity contribution in [2.75, 3.05) is 7.11 Å². The molecule has 4 nitrogen and oxygen atoms in total. The van der Waals surface area contributed by atoms with E-state index in [0.29, 0.717) is 6.42 Å². The average molecular weight is 210 g/mol. The number of fused-ring (bicyclic) bond motifs is 1. The van der Waals surface area contributed by atoms with E-state index in [1.165, 1.54) is 13.4 Å². The van der Waals surface area contributed by atoms with Crippen molar-refractivity contribution < 1.29 is 19.4 Å². The van der Waals surface area contributed by atoms with Crippen LogP contribution in [0.5, 0.6) is 0 Å². The lowest BCUT2D eigenvalue weighted by Gasteiger charge is -2.17. The third-order valence-corrected chi connectivity index (χ3v) is 3.04. The molecule has 2 aliphatic rings. The van der Waals surface area contributed by atoms with Crippen molar-refractivity contribution in [1.82, 2.24) is 0 Å². The van der Waals surface area contributed by atoms with Crippen molar-refractivity contribution in [2.24, 2.45) is 11.8 Å². The van der Waals surface area contributed by atoms with Gasteiger partial charge in [-0.25, -0.2) is 0 Å². The summed E-state index contributed by atoms with van der Waals surface area (Å²) in [5.41, 5.74) is 0.801. The summed E-state index contributed by atoms with van der Waals surface area (Å²) in [6.07, 6.45) is 5.70. The summed E-state index contributed by atoms with van der Waals surface area (Å²) in [7, 11) is 1.37. The lowest BCUT2D eigenvalue weighted by molar-refractivity contribution is -0.144. The van der Waals surface area contributed by atoms with Gasteiger partial charge in [0.15, 0.2) is 0 Å². The zero-order valence-corrected chi connectivity index (χ0v) is 8.55. The van der Waals surface area contributed by atoms with Crippen molar-refractivity contribution in [1.29, 1.82) is 0 Å². The molecular weight excluding hydrogens is 196 g/mol. The molecule has 4 heteroatoms. The number of carbonyl (C=O) groups excluding carboxylic acids is 1. The molecular formula is C11H14O4. The fourth-order valence-corrected chi connectivity index (χ4v) is 2.23. The maximum Gasteiger partial charge on any atom is 0.313 e. The first-order chi connectivity index (χ1) is 7.24. The maximum absolute atomic E-state index is 11.5. The van der Waals surface area contributed by atoms with Gasteiger partial charge < -0.3 is 14.6 Å². The second-order valence-corrected chi connectivity index (χ2v) is 3.83. The van der Waals surface area contributed by atoms with Gasteiger partial charge in [-0.2, -0.15) is 0 Å². The summed E-state index contributed by atoms with van der Waals surface area (Å²) < 4.78 is 9.83. The van der Waals surface area contributed by atoms with Crippen LogP contribution in [-0.2, 0) is 14.3 Å². The smallest absolute Gasteiger partial charge is 0.313 e. The van der Waals surface area contributed by atoms with Crippen molar-refractivity contribution >= 4 is 5.97 Å². The van der Waals surface area contributed by atoms with Crippen LogP contribution >= 0.6 is 0 Å². The van der Waals surface area contributed by atoms with E-state index in [9.17, 15) is 9.90 Å². The average Bonchev–Trinajstić information content (AvgIpc) is 2.51. The quantitative estimate of drug-likeness (QED) is 0.655. The highest BCUT2D eigenvalue weighted by atomic mass is 16.5. The monoisotopic (exact) mass is 210 g/mol. The van der Waals surface area contributed by atoms with E-state index in [4.69, 9.17) is 9.47 Å². The van der Waals surface area contributed by atoms with E-state index in [-0.39, 0.29) is 17.8 Å². The number of rotatable bonds is 1. The molecule has 1 saturated carbocycles. The Bertz CT molecular complexity index is 319. The number of esters is 1. The zero-order valence-electron chi connectivity index (χ0n) is 8.55. The number of hydrogen-bond donors (Lipinski definition) is 1. The molecule has 82 valence electrons. The van der Waals surface area contributed by atoms with Crippen LogP contribution in [0.3, 0.4) is 0 Å². The molecule has 1 N–H and O–H groups in total. The third kappa shape index (κ3) is 1.77. The van der Waals surface area contributed by atoms with Crippen molar-refractivity contribution in [2.45, 2.75) is 18.9 Å². The van der Waals surface area contributed by atoms with Gasteiger partial charge in [-0.05, 0) is 24.5 Å². The molecule has 0 bridgehead atoms. The largest absolute Gasteiger partial charge is 0.473 e. The van der Waals surface area contributed by atoms with E-state index < -0.39 is 6.10 Å². The minimum absolute atomic E-state index is 0.0196. The second kappa shape index (κ2) is 4.06. The topological polar surface area (TPSA) is 55.8 Å². The van der Waals surface area contributed by atoms with Crippen LogP contribution in [0.1, 0.15) is 12.8 Å². The van der Waals surface area contributed by atoms with Crippen LogP contribution in [0.2, 0.25) is 0 Å². The predicted octanol–water partition coefficient (Wildman–Crippen LogP) is 0.974. The van der Waals surface area contributed by atoms with Crippen molar-refractivity contribution in [3.63, 3.8) is 0 Å². The highest BCUT2D eigenvalue weighted by Gasteiger charge is 2.38. The van der Waals surface area contributed by atoms with Gasteiger partial charge in [-0.3, -0.25) is 4.79 Å². The predicted molar refractivity (Wildman–Crippen MR) is 52.5 cm³/mol. The highest BCUT2D eigenvalue weighted by Crippen LogP contribution is 2.39. The Balaban J connectivity index is 2.25. The fourth-order valence-electron chi connectivity index (χ4n) is 2.23. The van der Waals surface area contributed by atoms with Gasteiger partial charge in [0.2, 0.25) is 0 Å². The van der Waals surface area contributed by atoms with E-state index in [1.54, 1.807) is 12.3 Å². The Morgan fingerprint density at radius 2 is 2.40 bits per heavy atom. The van der Waals surface area contributed by atoms with E-state index in [1.807, 2.05) is 0 Å². The van der Waals surface area contributed by atoms with Crippen LogP contribution < -0.4 is 0 Å². The number of hydrogen-bond acceptors (Lipinski definition) is 4. The summed E-state index contributed by atoms with van der Waals surface area (Å²) in [5.74, 6) is -0.589. The Kier molecular flexibility index (Phi) is 2.77. The number of methoxy groups -OCH3 is 1. The minimum atomic E-state index is -0.484. The van der Waals surface area contributed by atoms with Crippen LogP contribution in [0.15, 0.2) is 24.2 Å². The van der Waals surface area contributed by atoms with Gasteiger partial charge in [0.1, 0.15) is 0 Å². The molecule has 0 aromatic rings. The van der Waals surface area contributed by atoms with E-state index in [0.717, 1.165) is 12.0 Å². The third-order valence-electron chi connectivity index (χ3n) is 3.04. The first kappa shape index (κ1) is 10.2. The summed E-state index contributed by atoms with van der Waals surface area (Å²) in [6, 6.07) is 0. The van der Waals surface area contributed by atoms with Crippen molar-refractivity contribution in [3.05, 3.63) is 24.2 Å². The molecule has 0 aromatic carbocycles. The van der Waals surface area contributed by atoms with Gasteiger partial charge in [0.05, 0.1) is 31.7 Å². The number of carbonyl (C=O) groups is 1. The normalized spacial score (nSPS) is 33.7. The Morgan fingerprint density at radius 3 is 3.13 bits per heavy atom. The van der Waals surface area contributed by atoms with Crippen LogP contribution in [0.25, 0.3) is 0 Å². The van der Waals surface area contributed by atoms with E-state index >= 15 is 0 Å². The molecule has 2 rings (SSSR count). The summed E-state index contributed by atoms with van der Waals surface area (Å²) in [5, 5.41) is 9.69. The van der Waals surface area contributed by atoms with Gasteiger partial charge in [-0.1, -0.05) is 0 Å². The van der Waals surface area contributed by atoms with Gasteiger partial charge in [0.25, 0.3) is 0 Å². The highest BCUT2D eigenvalue weighted by molar-refractivity contribution is 5.75. The van der Waals surface area contributed by atoms with Crippen LogP contribution in [0.4, 0.5) is 0 Å². The van der Waals surface area contributed by atoms with Gasteiger partial charge in [-0.15, -0.1) is 0 Å². The number of aliphatic hydroxyl groups is 1. The molecule has 0 unspecified atom stereocenters. The molecule has 0 amide bonds. The van der Waals surface area contributed by atoms with Crippen LogP contribution in [-0.4, -0.2) is 24.3 Å². The standard InChI is InChI=1S/C11H14O4/c1-14-11(13)8-4-5-15-6-9-7(8)2-3-10(9)12/h4-8,10,12H,2-3H2,1H3/t7-,8-,10+/m1/s1. The molecule has 15 heavy (non-hydrogen) atoms. The molecule has 0 saturated heterocycles. The molecule has 3 atom stereocenters. The first-order valence-electron chi connectivity index (χ1n) is 5.02. The lowest BCUT2D eigenvalue weighted by Crippen LogP contribution is -2.23. The minimum Gasteiger partial charge on any atom is -0.473 e. The molecule has 1 fully saturated rings. The maximum atomic E-state index is 11.5. The molecule has 0 radical (unpaired) electrons. The Hall–Kier alpha value is -1.29. The SMILES string of the molecule is COC(=O)[C@@H]1C=COC=C2[C@@H](O)CC[C@@H]21. The number of ether oxygens (including phenoxy) is 2. The summed E-state index contributed by atoms with van der Waals surface area (Å²) in [4.78, 5) is 11.5. The van der Waals surface area contributed by atoms with E-state index in [2.05, 4.69) is 0 Å². The molecule has 0 aromatic heterocycles. The molecule has 1 heterocycles. The van der Waals surface area contributed by atoms with Gasteiger partial charge in [0, 0.05) is 5.92 Å². The van der Waals surface area contributed by atoms with Gasteiger partial charge >= 0.3 is 5.97 Å². The summed E-state index contributed by atoms with van der Waals surface area (Å²) in [6.45, 7) is 0. The summed E-state index contributed by atoms with van der Waals surface area (Å²) >= 11 is 0. The molecule has 1 aliphatic heterocycles. The second-order valence-electron chi connectivity index (χ2n) is 3.83.